The summed E-state index contributed by atoms with van der Waals surface area (Å²) >= 11 is 0. The molecule has 0 aliphatic rings. The maximum Gasteiger partial charge on any atom is 0.164 e. The first-order valence-corrected chi connectivity index (χ1v) is 7.27. The Morgan fingerprint density at radius 3 is 2.65 bits per heavy atom. The monoisotopic (exact) mass is 273 g/mol. The summed E-state index contributed by atoms with van der Waals surface area (Å²) in [6.07, 6.45) is 4.77. The van der Waals surface area contributed by atoms with Crippen LogP contribution in [0.1, 0.15) is 33.4 Å². The molecule has 5 heteroatoms. The first-order valence-electron chi connectivity index (χ1n) is 7.27. The quantitative estimate of drug-likeness (QED) is 0.879. The molecule has 0 atom stereocenters. The lowest BCUT2D eigenvalue weighted by atomic mass is 10.1. The van der Waals surface area contributed by atoms with E-state index < -0.39 is 0 Å². The standard InChI is InChI=1S/C15H23N5/c1-5-16-14-8-13(7-11(3)4)18-15(19-14)12-9-17-20(6-2)10-12/h8-11H,5-7H2,1-4H3,(H,16,18,19). The highest BCUT2D eigenvalue weighted by Crippen LogP contribution is 2.19. The van der Waals surface area contributed by atoms with E-state index in [4.69, 9.17) is 0 Å². The molecule has 0 aromatic carbocycles. The second kappa shape index (κ2) is 6.50. The van der Waals surface area contributed by atoms with Crippen molar-refractivity contribution in [3.63, 3.8) is 0 Å². The SMILES string of the molecule is CCNc1cc(CC(C)C)nc(-c2cnn(CC)c2)n1. The number of hydrogen-bond donors (Lipinski definition) is 1. The fraction of sp³-hybridized carbons (Fsp3) is 0.533. The number of aromatic nitrogens is 4. The van der Waals surface area contributed by atoms with Crippen LogP contribution in [0.25, 0.3) is 11.4 Å². The van der Waals surface area contributed by atoms with Gasteiger partial charge in [-0.2, -0.15) is 5.10 Å². The van der Waals surface area contributed by atoms with Crippen molar-refractivity contribution in [3.8, 4) is 11.4 Å². The summed E-state index contributed by atoms with van der Waals surface area (Å²) < 4.78 is 1.89. The maximum atomic E-state index is 4.67. The van der Waals surface area contributed by atoms with Gasteiger partial charge in [0.15, 0.2) is 5.82 Å². The fourth-order valence-electron chi connectivity index (χ4n) is 2.07. The van der Waals surface area contributed by atoms with Crippen molar-refractivity contribution >= 4 is 5.82 Å². The topological polar surface area (TPSA) is 55.6 Å². The Labute approximate surface area is 120 Å². The smallest absolute Gasteiger partial charge is 0.164 e. The van der Waals surface area contributed by atoms with Crippen molar-refractivity contribution in [2.45, 2.75) is 40.7 Å². The summed E-state index contributed by atoms with van der Waals surface area (Å²) in [7, 11) is 0. The first-order chi connectivity index (χ1) is 9.62. The summed E-state index contributed by atoms with van der Waals surface area (Å²) in [6.45, 7) is 10.2. The molecule has 5 nitrogen and oxygen atoms in total. The first kappa shape index (κ1) is 14.5. The third-order valence-electron chi connectivity index (χ3n) is 2.97. The minimum atomic E-state index is 0.575. The second-order valence-electron chi connectivity index (χ2n) is 5.28. The molecule has 2 aromatic heterocycles. The molecule has 0 saturated carbocycles. The van der Waals surface area contributed by atoms with Gasteiger partial charge in [-0.15, -0.1) is 0 Å². The molecule has 2 heterocycles. The highest BCUT2D eigenvalue weighted by Gasteiger charge is 2.09. The van der Waals surface area contributed by atoms with Gasteiger partial charge in [-0.25, -0.2) is 9.97 Å². The Morgan fingerprint density at radius 2 is 2.05 bits per heavy atom. The molecule has 0 aliphatic carbocycles. The summed E-state index contributed by atoms with van der Waals surface area (Å²) in [5.74, 6) is 2.21. The summed E-state index contributed by atoms with van der Waals surface area (Å²) in [4.78, 5) is 9.24. The van der Waals surface area contributed by atoms with Crippen molar-refractivity contribution in [1.29, 1.82) is 0 Å². The Kier molecular flexibility index (Phi) is 4.71. The number of nitrogens with zero attached hydrogens (tertiary/aromatic N) is 4. The van der Waals surface area contributed by atoms with Crippen molar-refractivity contribution < 1.29 is 0 Å². The number of rotatable bonds is 6. The lowest BCUT2D eigenvalue weighted by Crippen LogP contribution is -2.05. The molecule has 0 amide bonds. The van der Waals surface area contributed by atoms with E-state index in [-0.39, 0.29) is 0 Å². The Balaban J connectivity index is 2.37. The zero-order valence-electron chi connectivity index (χ0n) is 12.7. The van der Waals surface area contributed by atoms with Crippen LogP contribution in [0.5, 0.6) is 0 Å². The molecule has 0 unspecified atom stereocenters. The van der Waals surface area contributed by atoms with E-state index in [9.17, 15) is 0 Å². The lowest BCUT2D eigenvalue weighted by Gasteiger charge is -2.09. The van der Waals surface area contributed by atoms with Gasteiger partial charge in [0.2, 0.25) is 0 Å². The van der Waals surface area contributed by atoms with Crippen LogP contribution in [-0.4, -0.2) is 26.3 Å². The molecule has 20 heavy (non-hydrogen) atoms. The molecule has 0 spiro atoms. The number of hydrogen-bond acceptors (Lipinski definition) is 4. The predicted octanol–water partition coefficient (Wildman–Crippen LogP) is 2.99. The molecule has 0 saturated heterocycles. The average molecular weight is 273 g/mol. The molecular formula is C15H23N5. The Morgan fingerprint density at radius 1 is 1.25 bits per heavy atom. The zero-order valence-corrected chi connectivity index (χ0v) is 12.7. The van der Waals surface area contributed by atoms with Crippen LogP contribution in [0.4, 0.5) is 5.82 Å². The Bertz CT molecular complexity index is 559. The Hall–Kier alpha value is -1.91. The van der Waals surface area contributed by atoms with E-state index >= 15 is 0 Å². The predicted molar refractivity (Wildman–Crippen MR) is 81.6 cm³/mol. The van der Waals surface area contributed by atoms with Crippen molar-refractivity contribution in [1.82, 2.24) is 19.7 Å². The normalized spacial score (nSPS) is 11.1. The van der Waals surface area contributed by atoms with Crippen LogP contribution in [0.3, 0.4) is 0 Å². The fourth-order valence-corrected chi connectivity index (χ4v) is 2.07. The molecule has 108 valence electrons. The van der Waals surface area contributed by atoms with Gasteiger partial charge in [-0.1, -0.05) is 13.8 Å². The van der Waals surface area contributed by atoms with E-state index in [1.165, 1.54) is 0 Å². The van der Waals surface area contributed by atoms with Crippen molar-refractivity contribution in [2.24, 2.45) is 5.92 Å². The van der Waals surface area contributed by atoms with E-state index in [1.54, 1.807) is 0 Å². The highest BCUT2D eigenvalue weighted by atomic mass is 15.3. The molecule has 0 bridgehead atoms. The van der Waals surface area contributed by atoms with E-state index in [2.05, 4.69) is 48.1 Å². The lowest BCUT2D eigenvalue weighted by molar-refractivity contribution is 0.635. The largest absolute Gasteiger partial charge is 0.370 e. The zero-order chi connectivity index (χ0) is 14.5. The van der Waals surface area contributed by atoms with Crippen molar-refractivity contribution in [2.75, 3.05) is 11.9 Å². The van der Waals surface area contributed by atoms with Crippen LogP contribution in [0, 0.1) is 5.92 Å². The van der Waals surface area contributed by atoms with Gasteiger partial charge in [0.05, 0.1) is 11.8 Å². The van der Waals surface area contributed by atoms with Crippen LogP contribution in [0.15, 0.2) is 18.5 Å². The van der Waals surface area contributed by atoms with E-state index in [0.29, 0.717) is 5.92 Å². The minimum Gasteiger partial charge on any atom is -0.370 e. The minimum absolute atomic E-state index is 0.575. The van der Waals surface area contributed by atoms with Gasteiger partial charge < -0.3 is 5.32 Å². The van der Waals surface area contributed by atoms with E-state index in [0.717, 1.165) is 42.4 Å². The second-order valence-corrected chi connectivity index (χ2v) is 5.28. The molecular weight excluding hydrogens is 250 g/mol. The number of aryl methyl sites for hydroxylation is 1. The van der Waals surface area contributed by atoms with Gasteiger partial charge in [-0.05, 0) is 26.2 Å². The summed E-state index contributed by atoms with van der Waals surface area (Å²) in [6, 6.07) is 2.04. The third kappa shape index (κ3) is 3.56. The molecule has 0 fully saturated rings. The molecule has 2 aromatic rings. The summed E-state index contributed by atoms with van der Waals surface area (Å²) in [5, 5.41) is 7.57. The van der Waals surface area contributed by atoms with Gasteiger partial charge in [0.1, 0.15) is 5.82 Å². The molecule has 1 N–H and O–H groups in total. The highest BCUT2D eigenvalue weighted by molar-refractivity contribution is 5.55. The molecule has 0 radical (unpaired) electrons. The van der Waals surface area contributed by atoms with Gasteiger partial charge in [0, 0.05) is 31.0 Å². The van der Waals surface area contributed by atoms with Crippen LogP contribution >= 0.6 is 0 Å². The van der Waals surface area contributed by atoms with Gasteiger partial charge in [0.25, 0.3) is 0 Å². The van der Waals surface area contributed by atoms with Gasteiger partial charge >= 0.3 is 0 Å². The van der Waals surface area contributed by atoms with Crippen LogP contribution in [-0.2, 0) is 13.0 Å². The van der Waals surface area contributed by atoms with Crippen LogP contribution < -0.4 is 5.32 Å². The maximum absolute atomic E-state index is 4.67. The van der Waals surface area contributed by atoms with Gasteiger partial charge in [-0.3, -0.25) is 4.68 Å². The average Bonchev–Trinajstić information content (AvgIpc) is 2.86. The third-order valence-corrected chi connectivity index (χ3v) is 2.97. The van der Waals surface area contributed by atoms with Crippen molar-refractivity contribution in [3.05, 3.63) is 24.2 Å². The molecule has 0 aliphatic heterocycles. The van der Waals surface area contributed by atoms with Crippen LogP contribution in [0.2, 0.25) is 0 Å². The number of anilines is 1. The van der Waals surface area contributed by atoms with E-state index in [1.807, 2.05) is 23.1 Å². The number of nitrogens with one attached hydrogen (secondary N) is 1. The summed E-state index contributed by atoms with van der Waals surface area (Å²) in [5.41, 5.74) is 2.04. The molecule has 2 rings (SSSR count).